The van der Waals surface area contributed by atoms with Gasteiger partial charge in [-0.2, -0.15) is 0 Å². The van der Waals surface area contributed by atoms with E-state index < -0.39 is 10.0 Å². The largest absolute Gasteiger partial charge is 0.340 e. The van der Waals surface area contributed by atoms with E-state index in [4.69, 9.17) is 5.14 Å². The Bertz CT molecular complexity index is 994. The molecule has 8 heteroatoms. The number of fused-ring (bicyclic) bond motifs is 3. The number of sulfonamides is 1. The minimum absolute atomic E-state index is 0.0901. The molecule has 3 N–H and O–H groups in total. The standard InChI is InChI=1S/C15H14N4O2S2/c16-23(20,21)10-6-4-9(5-7-10)19-14-13-11-2-1-3-12(11)22-15(13)18-8-17-14/h4-8H,1-3H2,(H2,16,20,21)(H,17,18,19). The van der Waals surface area contributed by atoms with Crippen LogP contribution in [0.3, 0.4) is 0 Å². The molecule has 0 saturated carbocycles. The van der Waals surface area contributed by atoms with Crippen molar-refractivity contribution < 1.29 is 8.42 Å². The summed E-state index contributed by atoms with van der Waals surface area (Å²) in [6.45, 7) is 0. The fourth-order valence-electron chi connectivity index (χ4n) is 2.89. The van der Waals surface area contributed by atoms with Crippen LogP contribution in [-0.4, -0.2) is 18.4 Å². The van der Waals surface area contributed by atoms with E-state index in [9.17, 15) is 8.42 Å². The van der Waals surface area contributed by atoms with Crippen LogP contribution >= 0.6 is 11.3 Å². The summed E-state index contributed by atoms with van der Waals surface area (Å²) in [6.07, 6.45) is 4.89. The molecule has 6 nitrogen and oxygen atoms in total. The Hall–Kier alpha value is -2.03. The van der Waals surface area contributed by atoms with Crippen molar-refractivity contribution in [3.05, 3.63) is 41.0 Å². The summed E-state index contributed by atoms with van der Waals surface area (Å²) in [6, 6.07) is 6.32. The first-order valence-corrected chi connectivity index (χ1v) is 9.54. The maximum Gasteiger partial charge on any atom is 0.238 e. The highest BCUT2D eigenvalue weighted by Crippen LogP contribution is 2.39. The summed E-state index contributed by atoms with van der Waals surface area (Å²) in [5, 5.41) is 9.46. The predicted octanol–water partition coefficient (Wildman–Crippen LogP) is 2.57. The van der Waals surface area contributed by atoms with Crippen LogP contribution in [0.25, 0.3) is 10.2 Å². The second-order valence-corrected chi connectivity index (χ2v) is 8.10. The minimum atomic E-state index is -3.68. The van der Waals surface area contributed by atoms with Crippen LogP contribution in [0, 0.1) is 0 Å². The van der Waals surface area contributed by atoms with Gasteiger partial charge < -0.3 is 5.32 Å². The molecule has 1 aromatic carbocycles. The molecule has 0 unspecified atom stereocenters. The van der Waals surface area contributed by atoms with Crippen LogP contribution in [0.15, 0.2) is 35.5 Å². The van der Waals surface area contributed by atoms with E-state index in [1.807, 2.05) is 0 Å². The van der Waals surface area contributed by atoms with Gasteiger partial charge in [0, 0.05) is 10.6 Å². The summed E-state index contributed by atoms with van der Waals surface area (Å²) in [5.74, 6) is 0.762. The fraction of sp³-hybridized carbons (Fsp3) is 0.200. The molecule has 2 aromatic heterocycles. The summed E-state index contributed by atoms with van der Waals surface area (Å²) >= 11 is 1.73. The molecule has 1 aliphatic carbocycles. The molecule has 3 aromatic rings. The van der Waals surface area contributed by atoms with E-state index in [-0.39, 0.29) is 4.90 Å². The van der Waals surface area contributed by atoms with Crippen molar-refractivity contribution in [2.75, 3.05) is 5.32 Å². The molecule has 23 heavy (non-hydrogen) atoms. The molecule has 118 valence electrons. The number of thiophene rings is 1. The third-order valence-corrected chi connectivity index (χ3v) is 6.08. The predicted molar refractivity (Wildman–Crippen MR) is 90.5 cm³/mol. The van der Waals surface area contributed by atoms with Gasteiger partial charge in [0.2, 0.25) is 10.0 Å². The minimum Gasteiger partial charge on any atom is -0.340 e. The van der Waals surface area contributed by atoms with Gasteiger partial charge in [-0.15, -0.1) is 11.3 Å². The van der Waals surface area contributed by atoms with E-state index in [0.717, 1.165) is 34.6 Å². The van der Waals surface area contributed by atoms with Gasteiger partial charge in [0.25, 0.3) is 0 Å². The lowest BCUT2D eigenvalue weighted by atomic mass is 10.2. The number of primary sulfonamides is 1. The molecule has 0 radical (unpaired) electrons. The Morgan fingerprint density at radius 2 is 1.91 bits per heavy atom. The van der Waals surface area contributed by atoms with Crippen LogP contribution in [0.4, 0.5) is 11.5 Å². The number of nitrogens with two attached hydrogens (primary N) is 1. The maximum absolute atomic E-state index is 11.3. The Labute approximate surface area is 137 Å². The van der Waals surface area contributed by atoms with Crippen molar-refractivity contribution in [3.63, 3.8) is 0 Å². The van der Waals surface area contributed by atoms with Gasteiger partial charge in [-0.1, -0.05) is 0 Å². The second-order valence-electron chi connectivity index (χ2n) is 5.45. The van der Waals surface area contributed by atoms with Gasteiger partial charge in [0.1, 0.15) is 17.0 Å². The van der Waals surface area contributed by atoms with Gasteiger partial charge in [0.05, 0.1) is 10.3 Å². The zero-order valence-electron chi connectivity index (χ0n) is 12.1. The average Bonchev–Trinajstić information content (AvgIpc) is 3.07. The van der Waals surface area contributed by atoms with Crippen LogP contribution in [0.1, 0.15) is 16.9 Å². The molecule has 1 aliphatic rings. The highest BCUT2D eigenvalue weighted by molar-refractivity contribution is 7.89. The Morgan fingerprint density at radius 3 is 2.65 bits per heavy atom. The monoisotopic (exact) mass is 346 g/mol. The van der Waals surface area contributed by atoms with Crippen molar-refractivity contribution in [2.45, 2.75) is 24.2 Å². The van der Waals surface area contributed by atoms with Gasteiger partial charge >= 0.3 is 0 Å². The van der Waals surface area contributed by atoms with Crippen LogP contribution < -0.4 is 10.5 Å². The molecular formula is C15H14N4O2S2. The van der Waals surface area contributed by atoms with Crippen molar-refractivity contribution in [1.29, 1.82) is 0 Å². The van der Waals surface area contributed by atoms with Gasteiger partial charge in [-0.25, -0.2) is 23.5 Å². The van der Waals surface area contributed by atoms with Gasteiger partial charge in [-0.3, -0.25) is 0 Å². The summed E-state index contributed by atoms with van der Waals surface area (Å²) < 4.78 is 22.6. The summed E-state index contributed by atoms with van der Waals surface area (Å²) in [5.41, 5.74) is 2.10. The molecular weight excluding hydrogens is 332 g/mol. The average molecular weight is 346 g/mol. The molecule has 0 spiro atoms. The first-order valence-electron chi connectivity index (χ1n) is 7.17. The highest BCUT2D eigenvalue weighted by Gasteiger charge is 2.21. The van der Waals surface area contributed by atoms with Crippen molar-refractivity contribution in [1.82, 2.24) is 9.97 Å². The molecule has 0 aliphatic heterocycles. The van der Waals surface area contributed by atoms with Gasteiger partial charge in [-0.05, 0) is 49.1 Å². The highest BCUT2D eigenvalue weighted by atomic mass is 32.2. The van der Waals surface area contributed by atoms with Crippen LogP contribution in [-0.2, 0) is 22.9 Å². The normalized spacial score (nSPS) is 14.1. The topological polar surface area (TPSA) is 98.0 Å². The van der Waals surface area contributed by atoms with Crippen molar-refractivity contribution in [3.8, 4) is 0 Å². The maximum atomic E-state index is 11.3. The van der Waals surface area contributed by atoms with Gasteiger partial charge in [0.15, 0.2) is 0 Å². The molecule has 4 rings (SSSR count). The Morgan fingerprint density at radius 1 is 1.13 bits per heavy atom. The quantitative estimate of drug-likeness (QED) is 0.759. The number of hydrogen-bond acceptors (Lipinski definition) is 6. The molecule has 0 saturated heterocycles. The van der Waals surface area contributed by atoms with E-state index in [1.165, 1.54) is 29.0 Å². The lowest BCUT2D eigenvalue weighted by Gasteiger charge is -2.08. The zero-order valence-corrected chi connectivity index (χ0v) is 13.7. The van der Waals surface area contributed by atoms with E-state index in [2.05, 4.69) is 15.3 Å². The van der Waals surface area contributed by atoms with Crippen molar-refractivity contribution >= 4 is 43.1 Å². The number of anilines is 2. The SMILES string of the molecule is NS(=O)(=O)c1ccc(Nc2ncnc3sc4c(c23)CCC4)cc1. The first kappa shape index (κ1) is 14.6. The number of benzene rings is 1. The van der Waals surface area contributed by atoms with Crippen LogP contribution in [0.2, 0.25) is 0 Å². The third-order valence-electron chi connectivity index (χ3n) is 3.95. The lowest BCUT2D eigenvalue weighted by molar-refractivity contribution is 0.598. The second kappa shape index (κ2) is 5.26. The third kappa shape index (κ3) is 2.58. The van der Waals surface area contributed by atoms with E-state index >= 15 is 0 Å². The fourth-order valence-corrected chi connectivity index (χ4v) is 4.63. The molecule has 2 heterocycles. The van der Waals surface area contributed by atoms with E-state index in [1.54, 1.807) is 29.8 Å². The number of hydrogen-bond donors (Lipinski definition) is 2. The zero-order chi connectivity index (χ0) is 16.0. The first-order chi connectivity index (χ1) is 11.0. The lowest BCUT2D eigenvalue weighted by Crippen LogP contribution is -2.11. The number of nitrogens with one attached hydrogen (secondary N) is 1. The number of aromatic nitrogens is 2. The number of rotatable bonds is 3. The number of nitrogens with zero attached hydrogens (tertiary/aromatic N) is 2. The van der Waals surface area contributed by atoms with Crippen LogP contribution in [0.5, 0.6) is 0 Å². The molecule has 0 fully saturated rings. The Balaban J connectivity index is 1.73. The summed E-state index contributed by atoms with van der Waals surface area (Å²) in [4.78, 5) is 11.2. The Kier molecular flexibility index (Phi) is 3.33. The molecule has 0 amide bonds. The number of aryl methyl sites for hydroxylation is 2. The van der Waals surface area contributed by atoms with E-state index in [0.29, 0.717) is 0 Å². The summed E-state index contributed by atoms with van der Waals surface area (Å²) in [7, 11) is -3.68. The molecule has 0 atom stereocenters. The smallest absolute Gasteiger partial charge is 0.238 e. The van der Waals surface area contributed by atoms with Crippen molar-refractivity contribution in [2.24, 2.45) is 5.14 Å². The molecule has 0 bridgehead atoms.